The van der Waals surface area contributed by atoms with Crippen molar-refractivity contribution in [1.29, 1.82) is 0 Å². The molecule has 1 fully saturated rings. The van der Waals surface area contributed by atoms with Gasteiger partial charge in [0.1, 0.15) is 12.5 Å². The van der Waals surface area contributed by atoms with Crippen molar-refractivity contribution >= 4 is 12.4 Å². The summed E-state index contributed by atoms with van der Waals surface area (Å²) in [5.41, 5.74) is 4.70. The average molecular weight is 432 g/mol. The molecule has 0 saturated carbocycles. The fourth-order valence-electron chi connectivity index (χ4n) is 3.98. The minimum absolute atomic E-state index is 0.339. The van der Waals surface area contributed by atoms with E-state index >= 15 is 0 Å². The summed E-state index contributed by atoms with van der Waals surface area (Å²) in [6, 6.07) is 14.3. The summed E-state index contributed by atoms with van der Waals surface area (Å²) in [5.74, 6) is 0.580. The fourth-order valence-corrected chi connectivity index (χ4v) is 3.98. The Balaban J connectivity index is 1.48. The van der Waals surface area contributed by atoms with Crippen molar-refractivity contribution in [2.75, 3.05) is 27.0 Å². The summed E-state index contributed by atoms with van der Waals surface area (Å²) >= 11 is 0. The van der Waals surface area contributed by atoms with E-state index in [1.54, 1.807) is 6.20 Å². The largest absolute Gasteiger partial charge is 0.477 e. The van der Waals surface area contributed by atoms with Gasteiger partial charge in [0, 0.05) is 25.0 Å². The van der Waals surface area contributed by atoms with E-state index in [1.165, 1.54) is 0 Å². The Morgan fingerprint density at radius 1 is 1.28 bits per heavy atom. The van der Waals surface area contributed by atoms with E-state index in [2.05, 4.69) is 28.7 Å². The number of aldehydes is 1. The zero-order valence-electron chi connectivity index (χ0n) is 18.4. The van der Waals surface area contributed by atoms with Crippen LogP contribution in [0.5, 0.6) is 5.75 Å². The molecule has 2 aromatic carbocycles. The molecule has 0 radical (unpaired) electrons. The first-order chi connectivity index (χ1) is 15.7. The molecular formula is C26H29N3O3. The van der Waals surface area contributed by atoms with Crippen LogP contribution < -0.4 is 4.74 Å². The lowest BCUT2D eigenvalue weighted by Crippen LogP contribution is -2.40. The number of carbonyl (C=O) groups excluding carboxylic acids is 1. The number of ether oxygens (including phenoxy) is 2. The van der Waals surface area contributed by atoms with Gasteiger partial charge in [0.05, 0.1) is 17.9 Å². The molecule has 1 unspecified atom stereocenters. The lowest BCUT2D eigenvalue weighted by molar-refractivity contribution is 0.00216. The molecule has 6 nitrogen and oxygen atoms in total. The van der Waals surface area contributed by atoms with Gasteiger partial charge in [-0.1, -0.05) is 24.8 Å². The van der Waals surface area contributed by atoms with E-state index < -0.39 is 0 Å². The van der Waals surface area contributed by atoms with Gasteiger partial charge in [0.15, 0.2) is 6.29 Å². The van der Waals surface area contributed by atoms with Crippen molar-refractivity contribution in [3.63, 3.8) is 0 Å². The highest BCUT2D eigenvalue weighted by molar-refractivity contribution is 5.81. The summed E-state index contributed by atoms with van der Waals surface area (Å²) < 4.78 is 13.4. The lowest BCUT2D eigenvalue weighted by atomic mass is 9.97. The first-order valence-electron chi connectivity index (χ1n) is 10.9. The van der Waals surface area contributed by atoms with Gasteiger partial charge < -0.3 is 9.47 Å². The van der Waals surface area contributed by atoms with Crippen LogP contribution in [0.4, 0.5) is 0 Å². The van der Waals surface area contributed by atoms with Crippen molar-refractivity contribution < 1.29 is 14.3 Å². The van der Waals surface area contributed by atoms with Crippen molar-refractivity contribution in [2.45, 2.75) is 25.3 Å². The number of aromatic nitrogens is 2. The van der Waals surface area contributed by atoms with Crippen molar-refractivity contribution in [1.82, 2.24) is 14.7 Å². The Kier molecular flexibility index (Phi) is 7.14. The Bertz CT molecular complexity index is 1040. The third kappa shape index (κ3) is 5.15. The summed E-state index contributed by atoms with van der Waals surface area (Å²) in [5, 5.41) is 4.26. The van der Waals surface area contributed by atoms with Crippen molar-refractivity contribution in [3.8, 4) is 11.4 Å². The van der Waals surface area contributed by atoms with Crippen LogP contribution in [0.15, 0.2) is 61.4 Å². The third-order valence-corrected chi connectivity index (χ3v) is 5.90. The number of likely N-dealkylation sites (N-methyl/N-ethyl adjacent to an activating group) is 1. The second-order valence-electron chi connectivity index (χ2n) is 8.11. The Morgan fingerprint density at radius 2 is 2.12 bits per heavy atom. The molecule has 4 rings (SSSR count). The van der Waals surface area contributed by atoms with Gasteiger partial charge in [-0.3, -0.25) is 9.69 Å². The molecule has 32 heavy (non-hydrogen) atoms. The Hall–Kier alpha value is -3.22. The smallest absolute Gasteiger partial charge is 0.153 e. The molecule has 0 spiro atoms. The van der Waals surface area contributed by atoms with E-state index in [9.17, 15) is 4.79 Å². The summed E-state index contributed by atoms with van der Waals surface area (Å²) in [6.45, 7) is 5.92. The average Bonchev–Trinajstić information content (AvgIpc) is 3.38. The summed E-state index contributed by atoms with van der Waals surface area (Å²) in [6.07, 6.45) is 9.20. The minimum Gasteiger partial charge on any atom is -0.477 e. The van der Waals surface area contributed by atoms with E-state index in [1.807, 2.05) is 54.3 Å². The first kappa shape index (κ1) is 22.0. The van der Waals surface area contributed by atoms with Crippen molar-refractivity contribution in [2.24, 2.45) is 0 Å². The van der Waals surface area contributed by atoms with Gasteiger partial charge in [-0.2, -0.15) is 5.10 Å². The predicted octanol–water partition coefficient (Wildman–Crippen LogP) is 4.37. The molecule has 0 N–H and O–H groups in total. The minimum atomic E-state index is 0.339. The van der Waals surface area contributed by atoms with Gasteiger partial charge in [0.25, 0.3) is 0 Å². The number of nitrogens with zero attached hydrogens (tertiary/aromatic N) is 3. The number of hydrogen-bond donors (Lipinski definition) is 0. The topological polar surface area (TPSA) is 56.6 Å². The van der Waals surface area contributed by atoms with E-state index in [-0.39, 0.29) is 0 Å². The lowest BCUT2D eigenvalue weighted by Gasteiger charge is -2.31. The van der Waals surface area contributed by atoms with Gasteiger partial charge in [-0.25, -0.2) is 4.68 Å². The third-order valence-electron chi connectivity index (χ3n) is 5.90. The number of rotatable bonds is 9. The first-order valence-corrected chi connectivity index (χ1v) is 10.9. The van der Waals surface area contributed by atoms with Crippen LogP contribution in [-0.4, -0.2) is 54.0 Å². The van der Waals surface area contributed by atoms with Crippen LogP contribution in [0.2, 0.25) is 0 Å². The van der Waals surface area contributed by atoms with Gasteiger partial charge in [-0.05, 0) is 73.3 Å². The van der Waals surface area contributed by atoms with Gasteiger partial charge in [-0.15, -0.1) is 0 Å². The SMILES string of the molecule is C=Cc1cc(OCN(C)C2CCCOC2)c(C=O)cc1Cc1ccc(-n2cccn2)cc1. The number of hydrogen-bond acceptors (Lipinski definition) is 5. The van der Waals surface area contributed by atoms with E-state index in [4.69, 9.17) is 9.47 Å². The highest BCUT2D eigenvalue weighted by atomic mass is 16.5. The fraction of sp³-hybridized carbons (Fsp3) is 0.308. The zero-order valence-corrected chi connectivity index (χ0v) is 18.4. The van der Waals surface area contributed by atoms with E-state index in [0.717, 1.165) is 54.7 Å². The molecule has 0 bridgehead atoms. The zero-order chi connectivity index (χ0) is 22.3. The standard InChI is InChI=1S/C26H29N3O3/c1-3-21-16-26(32-19-28(2)25-6-4-13-31-18-25)23(17-30)15-22(21)14-20-7-9-24(10-8-20)29-12-5-11-27-29/h3,5,7-12,15-17,25H,1,4,6,13-14,18-19H2,2H3. The molecule has 166 valence electrons. The van der Waals surface area contributed by atoms with Crippen LogP contribution in [0.3, 0.4) is 0 Å². The highest BCUT2D eigenvalue weighted by Crippen LogP contribution is 2.26. The quantitative estimate of drug-likeness (QED) is 0.372. The number of benzene rings is 2. The van der Waals surface area contributed by atoms with Gasteiger partial charge in [0.2, 0.25) is 0 Å². The molecule has 1 saturated heterocycles. The molecular weight excluding hydrogens is 402 g/mol. The van der Waals surface area contributed by atoms with Crippen LogP contribution in [-0.2, 0) is 11.2 Å². The molecule has 0 aliphatic carbocycles. The molecule has 1 aliphatic rings. The second kappa shape index (κ2) is 10.4. The van der Waals surface area contributed by atoms with Crippen molar-refractivity contribution in [3.05, 3.63) is 83.7 Å². The molecule has 1 aromatic heterocycles. The summed E-state index contributed by atoms with van der Waals surface area (Å²) in [4.78, 5) is 13.9. The Labute approximate surface area is 189 Å². The van der Waals surface area contributed by atoms with Crippen LogP contribution in [0.1, 0.15) is 39.9 Å². The maximum absolute atomic E-state index is 11.8. The maximum atomic E-state index is 11.8. The second-order valence-corrected chi connectivity index (χ2v) is 8.11. The Morgan fingerprint density at radius 3 is 2.78 bits per heavy atom. The molecule has 1 atom stereocenters. The number of carbonyl (C=O) groups is 1. The summed E-state index contributed by atoms with van der Waals surface area (Å²) in [7, 11) is 2.02. The molecule has 6 heteroatoms. The molecule has 3 aromatic rings. The normalized spacial score (nSPS) is 16.1. The molecule has 0 amide bonds. The molecule has 1 aliphatic heterocycles. The van der Waals surface area contributed by atoms with Gasteiger partial charge >= 0.3 is 0 Å². The van der Waals surface area contributed by atoms with Crippen LogP contribution in [0.25, 0.3) is 11.8 Å². The monoisotopic (exact) mass is 431 g/mol. The van der Waals surface area contributed by atoms with Crippen LogP contribution in [0, 0.1) is 0 Å². The molecule has 2 heterocycles. The maximum Gasteiger partial charge on any atom is 0.153 e. The predicted molar refractivity (Wildman–Crippen MR) is 125 cm³/mol. The highest BCUT2D eigenvalue weighted by Gasteiger charge is 2.19. The van der Waals surface area contributed by atoms with E-state index in [0.29, 0.717) is 30.5 Å². The van der Waals surface area contributed by atoms with Crippen LogP contribution >= 0.6 is 0 Å².